The fraction of sp³-hybridized carbons (Fsp3) is 0.333. The lowest BCUT2D eigenvalue weighted by Crippen LogP contribution is -2.42. The summed E-state index contributed by atoms with van der Waals surface area (Å²) in [6, 6.07) is 9.92. The standard InChI is InChI=1S/C15H14BF2NO2S/c16-14-3-1-2-11-10-12(4-5-13(11)14)22(20,21)19-8-6-15(17,18)7-9-19/h1-5,10H,6-9H2. The summed E-state index contributed by atoms with van der Waals surface area (Å²) in [4.78, 5) is 0.107. The van der Waals surface area contributed by atoms with Crippen molar-refractivity contribution in [2.24, 2.45) is 0 Å². The smallest absolute Gasteiger partial charge is 0.207 e. The number of hydrogen-bond acceptors (Lipinski definition) is 2. The molecule has 1 aliphatic heterocycles. The number of halogens is 2. The molecule has 22 heavy (non-hydrogen) atoms. The summed E-state index contributed by atoms with van der Waals surface area (Å²) >= 11 is 0. The Morgan fingerprint density at radius 3 is 2.45 bits per heavy atom. The molecule has 0 bridgehead atoms. The molecular formula is C15H14BF2NO2S. The lowest BCUT2D eigenvalue weighted by Gasteiger charge is -2.30. The van der Waals surface area contributed by atoms with Crippen molar-refractivity contribution >= 4 is 34.1 Å². The summed E-state index contributed by atoms with van der Waals surface area (Å²) in [5.41, 5.74) is 0.569. The first-order valence-corrected chi connectivity index (χ1v) is 8.40. The first-order chi connectivity index (χ1) is 10.3. The third-order valence-electron chi connectivity index (χ3n) is 3.98. The van der Waals surface area contributed by atoms with Crippen molar-refractivity contribution in [2.75, 3.05) is 13.1 Å². The van der Waals surface area contributed by atoms with E-state index in [0.29, 0.717) is 10.8 Å². The maximum absolute atomic E-state index is 13.2. The van der Waals surface area contributed by atoms with Crippen LogP contribution in [0, 0.1) is 0 Å². The Hall–Kier alpha value is -1.47. The molecule has 0 atom stereocenters. The van der Waals surface area contributed by atoms with Gasteiger partial charge in [-0.15, -0.1) is 0 Å². The highest BCUT2D eigenvalue weighted by Gasteiger charge is 2.38. The second-order valence-electron chi connectivity index (χ2n) is 5.49. The first kappa shape index (κ1) is 15.4. The predicted molar refractivity (Wildman–Crippen MR) is 82.3 cm³/mol. The second-order valence-corrected chi connectivity index (χ2v) is 7.43. The van der Waals surface area contributed by atoms with E-state index in [1.807, 2.05) is 0 Å². The van der Waals surface area contributed by atoms with E-state index in [2.05, 4.69) is 0 Å². The van der Waals surface area contributed by atoms with Gasteiger partial charge in [0.25, 0.3) is 5.92 Å². The summed E-state index contributed by atoms with van der Waals surface area (Å²) in [6.07, 6.45) is -0.875. The molecule has 2 radical (unpaired) electrons. The summed E-state index contributed by atoms with van der Waals surface area (Å²) in [5, 5.41) is 1.48. The van der Waals surface area contributed by atoms with Crippen molar-refractivity contribution in [1.82, 2.24) is 4.31 Å². The Labute approximate surface area is 129 Å². The zero-order valence-corrected chi connectivity index (χ0v) is 12.6. The lowest BCUT2D eigenvalue weighted by molar-refractivity contribution is -0.0412. The van der Waals surface area contributed by atoms with Crippen LogP contribution in [0.15, 0.2) is 41.3 Å². The van der Waals surface area contributed by atoms with Crippen molar-refractivity contribution in [1.29, 1.82) is 0 Å². The average Bonchev–Trinajstić information content (AvgIpc) is 2.46. The summed E-state index contributed by atoms with van der Waals surface area (Å²) in [5.74, 6) is -2.77. The van der Waals surface area contributed by atoms with Crippen LogP contribution in [0.25, 0.3) is 10.8 Å². The Morgan fingerprint density at radius 1 is 1.09 bits per heavy atom. The summed E-state index contributed by atoms with van der Waals surface area (Å²) in [7, 11) is 2.09. The lowest BCUT2D eigenvalue weighted by atomic mass is 9.90. The van der Waals surface area contributed by atoms with Crippen LogP contribution in [0.5, 0.6) is 0 Å². The van der Waals surface area contributed by atoms with Gasteiger partial charge in [0.15, 0.2) is 0 Å². The van der Waals surface area contributed by atoms with Gasteiger partial charge in [0.1, 0.15) is 7.85 Å². The number of fused-ring (bicyclic) bond motifs is 1. The third kappa shape index (κ3) is 2.75. The highest BCUT2D eigenvalue weighted by atomic mass is 32.2. The van der Waals surface area contributed by atoms with Crippen LogP contribution in [0.4, 0.5) is 8.78 Å². The molecule has 0 spiro atoms. The molecule has 2 aromatic carbocycles. The van der Waals surface area contributed by atoms with Gasteiger partial charge in [-0.25, -0.2) is 17.2 Å². The topological polar surface area (TPSA) is 37.4 Å². The van der Waals surface area contributed by atoms with E-state index < -0.39 is 28.8 Å². The Bertz CT molecular complexity index is 813. The number of sulfonamides is 1. The molecule has 0 amide bonds. The highest BCUT2D eigenvalue weighted by molar-refractivity contribution is 7.89. The molecule has 114 valence electrons. The summed E-state index contributed by atoms with van der Waals surface area (Å²) < 4.78 is 52.6. The van der Waals surface area contributed by atoms with Crippen LogP contribution < -0.4 is 5.46 Å². The first-order valence-electron chi connectivity index (χ1n) is 6.96. The number of piperidine rings is 1. The maximum Gasteiger partial charge on any atom is 0.250 e. The molecule has 0 N–H and O–H groups in total. The van der Waals surface area contributed by atoms with Crippen LogP contribution in [-0.2, 0) is 10.0 Å². The highest BCUT2D eigenvalue weighted by Crippen LogP contribution is 2.31. The molecule has 3 rings (SSSR count). The quantitative estimate of drug-likeness (QED) is 0.794. The van der Waals surface area contributed by atoms with Crippen molar-refractivity contribution in [2.45, 2.75) is 23.7 Å². The molecule has 0 unspecified atom stereocenters. The zero-order valence-electron chi connectivity index (χ0n) is 11.8. The predicted octanol–water partition coefficient (Wildman–Crippen LogP) is 2.05. The number of benzene rings is 2. The van der Waals surface area contributed by atoms with Crippen LogP contribution in [-0.4, -0.2) is 39.6 Å². The van der Waals surface area contributed by atoms with E-state index in [1.165, 1.54) is 12.1 Å². The van der Waals surface area contributed by atoms with Gasteiger partial charge in [-0.1, -0.05) is 29.7 Å². The van der Waals surface area contributed by atoms with Crippen molar-refractivity contribution in [3.63, 3.8) is 0 Å². The van der Waals surface area contributed by atoms with E-state index in [-0.39, 0.29) is 18.0 Å². The minimum atomic E-state index is -3.76. The van der Waals surface area contributed by atoms with Gasteiger partial charge in [0.05, 0.1) is 4.90 Å². The molecule has 0 aliphatic carbocycles. The fourth-order valence-corrected chi connectivity index (χ4v) is 4.13. The molecule has 1 fully saturated rings. The molecule has 1 heterocycles. The minimum Gasteiger partial charge on any atom is -0.207 e. The van der Waals surface area contributed by atoms with Crippen LogP contribution in [0.2, 0.25) is 0 Å². The maximum atomic E-state index is 13.2. The molecule has 7 heteroatoms. The molecule has 0 saturated carbocycles. The van der Waals surface area contributed by atoms with Crippen molar-refractivity contribution in [3.8, 4) is 0 Å². The van der Waals surface area contributed by atoms with Gasteiger partial charge in [0, 0.05) is 25.9 Å². The van der Waals surface area contributed by atoms with E-state index in [4.69, 9.17) is 7.85 Å². The SMILES string of the molecule is [B]c1cccc2cc(S(=O)(=O)N3CCC(F)(F)CC3)ccc12. The number of alkyl halides is 2. The molecule has 0 aromatic heterocycles. The molecular weight excluding hydrogens is 307 g/mol. The van der Waals surface area contributed by atoms with E-state index in [0.717, 1.165) is 9.69 Å². The van der Waals surface area contributed by atoms with Gasteiger partial charge in [-0.05, 0) is 22.9 Å². The van der Waals surface area contributed by atoms with Gasteiger partial charge in [-0.2, -0.15) is 4.31 Å². The summed E-state index contributed by atoms with van der Waals surface area (Å²) in [6.45, 7) is -0.325. The molecule has 2 aromatic rings. The fourth-order valence-electron chi connectivity index (χ4n) is 2.65. The van der Waals surface area contributed by atoms with E-state index >= 15 is 0 Å². The number of hydrogen-bond donors (Lipinski definition) is 0. The van der Waals surface area contributed by atoms with E-state index in [1.54, 1.807) is 24.3 Å². The normalized spacial score (nSPS) is 19.4. The van der Waals surface area contributed by atoms with Gasteiger partial charge in [-0.3, -0.25) is 0 Å². The van der Waals surface area contributed by atoms with Gasteiger partial charge >= 0.3 is 0 Å². The Morgan fingerprint density at radius 2 is 1.77 bits per heavy atom. The van der Waals surface area contributed by atoms with Crippen molar-refractivity contribution < 1.29 is 17.2 Å². The molecule has 1 aliphatic rings. The van der Waals surface area contributed by atoms with Gasteiger partial charge in [0.2, 0.25) is 10.0 Å². The third-order valence-corrected chi connectivity index (χ3v) is 5.87. The number of rotatable bonds is 2. The average molecular weight is 321 g/mol. The molecule has 1 saturated heterocycles. The monoisotopic (exact) mass is 321 g/mol. The van der Waals surface area contributed by atoms with Crippen molar-refractivity contribution in [3.05, 3.63) is 36.4 Å². The zero-order chi connectivity index (χ0) is 16.0. The minimum absolute atomic E-state index is 0.107. The largest absolute Gasteiger partial charge is 0.250 e. The van der Waals surface area contributed by atoms with Crippen LogP contribution in [0.1, 0.15) is 12.8 Å². The van der Waals surface area contributed by atoms with Crippen LogP contribution in [0.3, 0.4) is 0 Å². The molecule has 3 nitrogen and oxygen atoms in total. The second kappa shape index (κ2) is 5.31. The number of nitrogens with zero attached hydrogens (tertiary/aromatic N) is 1. The van der Waals surface area contributed by atoms with Gasteiger partial charge < -0.3 is 0 Å². The van der Waals surface area contributed by atoms with E-state index in [9.17, 15) is 17.2 Å². The Kier molecular flexibility index (Phi) is 3.73. The Balaban J connectivity index is 1.96. The van der Waals surface area contributed by atoms with Crippen LogP contribution >= 0.6 is 0 Å².